The van der Waals surface area contributed by atoms with Gasteiger partial charge in [-0.25, -0.2) is 0 Å². The van der Waals surface area contributed by atoms with E-state index in [-0.39, 0.29) is 35.7 Å². The molecule has 0 spiro atoms. The van der Waals surface area contributed by atoms with E-state index in [1.54, 1.807) is 10.9 Å². The highest BCUT2D eigenvalue weighted by atomic mass is 35.5. The van der Waals surface area contributed by atoms with E-state index in [1.807, 2.05) is 24.3 Å². The number of hydrogen-bond acceptors (Lipinski definition) is 5. The second kappa shape index (κ2) is 8.60. The number of aromatic nitrogens is 2. The number of nitrogens with zero attached hydrogens (tertiary/aromatic N) is 3. The van der Waals surface area contributed by atoms with Crippen molar-refractivity contribution >= 4 is 34.9 Å². The minimum absolute atomic E-state index is 0.0229. The highest BCUT2D eigenvalue weighted by molar-refractivity contribution is 6.33. The summed E-state index contributed by atoms with van der Waals surface area (Å²) in [5.74, 6) is -0.642. The van der Waals surface area contributed by atoms with Crippen LogP contribution in [0.5, 0.6) is 0 Å². The van der Waals surface area contributed by atoms with Gasteiger partial charge in [-0.2, -0.15) is 10.4 Å². The number of nitriles is 1. The summed E-state index contributed by atoms with van der Waals surface area (Å²) in [6, 6.07) is 10.1. The molecule has 2 saturated carbocycles. The minimum atomic E-state index is -0.654. The number of amides is 2. The average Bonchev–Trinajstić information content (AvgIpc) is 3.51. The van der Waals surface area contributed by atoms with E-state index in [1.165, 1.54) is 0 Å². The molecule has 2 aliphatic carbocycles. The molecule has 2 aliphatic rings. The standard InChI is InChI=1S/C22H25ClN6O2/c23-17-3-1-2-4-18(17)26-15-7-9-22(10-8-15,11-12-24)29-13-16(19(25)30)20(28-29)27-21(31)14-5-6-14/h1-4,13-15,26H,5-11H2,(H2,25,30)(H,27,28,31). The third-order valence-electron chi connectivity index (χ3n) is 6.21. The van der Waals surface area contributed by atoms with Crippen molar-refractivity contribution in [1.29, 1.82) is 5.26 Å². The van der Waals surface area contributed by atoms with Crippen molar-refractivity contribution in [2.45, 2.75) is 56.5 Å². The van der Waals surface area contributed by atoms with Crippen LogP contribution in [0.1, 0.15) is 55.3 Å². The van der Waals surface area contributed by atoms with E-state index in [0.717, 1.165) is 31.4 Å². The maximum absolute atomic E-state index is 12.2. The number of rotatable bonds is 7. The van der Waals surface area contributed by atoms with E-state index >= 15 is 0 Å². The van der Waals surface area contributed by atoms with Crippen molar-refractivity contribution in [2.75, 3.05) is 10.6 Å². The number of carbonyl (C=O) groups is 2. The van der Waals surface area contributed by atoms with Crippen molar-refractivity contribution in [3.05, 3.63) is 41.0 Å². The predicted molar refractivity (Wildman–Crippen MR) is 118 cm³/mol. The van der Waals surface area contributed by atoms with Gasteiger partial charge in [0.15, 0.2) is 5.82 Å². The maximum Gasteiger partial charge on any atom is 0.254 e. The van der Waals surface area contributed by atoms with Crippen LogP contribution in [-0.4, -0.2) is 27.6 Å². The third kappa shape index (κ3) is 4.52. The Kier molecular flexibility index (Phi) is 5.88. The Morgan fingerprint density at radius 3 is 2.58 bits per heavy atom. The molecule has 2 fully saturated rings. The molecule has 1 heterocycles. The Hall–Kier alpha value is -3.05. The third-order valence-corrected chi connectivity index (χ3v) is 6.54. The number of benzene rings is 1. The lowest BCUT2D eigenvalue weighted by molar-refractivity contribution is -0.117. The van der Waals surface area contributed by atoms with E-state index in [0.29, 0.717) is 17.9 Å². The van der Waals surface area contributed by atoms with Crippen LogP contribution in [0.25, 0.3) is 0 Å². The number of halogens is 1. The Morgan fingerprint density at radius 2 is 1.97 bits per heavy atom. The second-order valence-corrected chi connectivity index (χ2v) is 8.83. The molecule has 1 aromatic heterocycles. The number of carbonyl (C=O) groups excluding carboxylic acids is 2. The molecule has 4 rings (SSSR count). The second-order valence-electron chi connectivity index (χ2n) is 8.42. The lowest BCUT2D eigenvalue weighted by atomic mass is 9.77. The normalized spacial score (nSPS) is 23.0. The molecular formula is C22H25ClN6O2. The fraction of sp³-hybridized carbons (Fsp3) is 0.455. The van der Waals surface area contributed by atoms with Crippen LogP contribution >= 0.6 is 11.6 Å². The van der Waals surface area contributed by atoms with Gasteiger partial charge in [0.1, 0.15) is 5.56 Å². The number of nitrogens with two attached hydrogens (primary N) is 1. The van der Waals surface area contributed by atoms with E-state index < -0.39 is 11.4 Å². The lowest BCUT2D eigenvalue weighted by Crippen LogP contribution is -2.41. The molecule has 0 radical (unpaired) electrons. The monoisotopic (exact) mass is 440 g/mol. The quantitative estimate of drug-likeness (QED) is 0.605. The molecule has 8 nitrogen and oxygen atoms in total. The minimum Gasteiger partial charge on any atom is -0.381 e. The molecule has 2 aromatic rings. The van der Waals surface area contributed by atoms with Crippen LogP contribution in [0.15, 0.2) is 30.5 Å². The summed E-state index contributed by atoms with van der Waals surface area (Å²) >= 11 is 6.27. The fourth-order valence-electron chi connectivity index (χ4n) is 4.19. The van der Waals surface area contributed by atoms with Crippen molar-refractivity contribution in [2.24, 2.45) is 11.7 Å². The van der Waals surface area contributed by atoms with E-state index in [2.05, 4.69) is 21.8 Å². The molecule has 0 aliphatic heterocycles. The first kappa shape index (κ1) is 21.2. The van der Waals surface area contributed by atoms with Gasteiger partial charge in [0, 0.05) is 18.2 Å². The Balaban J connectivity index is 1.53. The topological polar surface area (TPSA) is 126 Å². The summed E-state index contributed by atoms with van der Waals surface area (Å²) < 4.78 is 1.67. The first-order chi connectivity index (χ1) is 14.9. The zero-order chi connectivity index (χ0) is 22.0. The number of para-hydroxylation sites is 1. The zero-order valence-electron chi connectivity index (χ0n) is 17.1. The van der Waals surface area contributed by atoms with Crippen molar-refractivity contribution < 1.29 is 9.59 Å². The smallest absolute Gasteiger partial charge is 0.254 e. The van der Waals surface area contributed by atoms with Gasteiger partial charge in [-0.3, -0.25) is 14.3 Å². The summed E-state index contributed by atoms with van der Waals surface area (Å²) in [6.07, 6.45) is 6.51. The van der Waals surface area contributed by atoms with Gasteiger partial charge in [0.25, 0.3) is 5.91 Å². The molecular weight excluding hydrogens is 416 g/mol. The van der Waals surface area contributed by atoms with Crippen LogP contribution in [0.3, 0.4) is 0 Å². The number of anilines is 2. The molecule has 162 valence electrons. The fourth-order valence-corrected chi connectivity index (χ4v) is 4.38. The summed E-state index contributed by atoms with van der Waals surface area (Å²) in [5, 5.41) is 20.9. The number of nitrogens with one attached hydrogen (secondary N) is 2. The van der Waals surface area contributed by atoms with E-state index in [9.17, 15) is 14.9 Å². The summed E-state index contributed by atoms with van der Waals surface area (Å²) in [5.41, 5.74) is 6.04. The molecule has 31 heavy (non-hydrogen) atoms. The molecule has 0 unspecified atom stereocenters. The van der Waals surface area contributed by atoms with Crippen molar-refractivity contribution in [1.82, 2.24) is 9.78 Å². The van der Waals surface area contributed by atoms with Crippen LogP contribution in [0.2, 0.25) is 5.02 Å². The van der Waals surface area contributed by atoms with Crippen LogP contribution in [0, 0.1) is 17.2 Å². The van der Waals surface area contributed by atoms with Gasteiger partial charge < -0.3 is 16.4 Å². The lowest BCUT2D eigenvalue weighted by Gasteiger charge is -2.39. The van der Waals surface area contributed by atoms with Gasteiger partial charge in [0.05, 0.1) is 28.7 Å². The SMILES string of the molecule is N#CCC1(n2cc(C(N)=O)c(NC(=O)C3CC3)n2)CCC(Nc2ccccc2Cl)CC1. The summed E-state index contributed by atoms with van der Waals surface area (Å²) in [6.45, 7) is 0. The van der Waals surface area contributed by atoms with E-state index in [4.69, 9.17) is 17.3 Å². The molecule has 0 atom stereocenters. The molecule has 0 saturated heterocycles. The van der Waals surface area contributed by atoms with Crippen LogP contribution in [-0.2, 0) is 10.3 Å². The molecule has 0 bridgehead atoms. The van der Waals surface area contributed by atoms with Crippen molar-refractivity contribution in [3.8, 4) is 6.07 Å². The number of hydrogen-bond donors (Lipinski definition) is 3. The van der Waals surface area contributed by atoms with Gasteiger partial charge in [-0.1, -0.05) is 23.7 Å². The first-order valence-corrected chi connectivity index (χ1v) is 10.9. The van der Waals surface area contributed by atoms with Gasteiger partial charge in [-0.15, -0.1) is 0 Å². The van der Waals surface area contributed by atoms with Crippen LogP contribution in [0.4, 0.5) is 11.5 Å². The van der Waals surface area contributed by atoms with Crippen LogP contribution < -0.4 is 16.4 Å². The summed E-state index contributed by atoms with van der Waals surface area (Å²) in [4.78, 5) is 24.2. The highest BCUT2D eigenvalue weighted by Gasteiger charge is 2.39. The largest absolute Gasteiger partial charge is 0.381 e. The predicted octanol–water partition coefficient (Wildman–Crippen LogP) is 3.65. The summed E-state index contributed by atoms with van der Waals surface area (Å²) in [7, 11) is 0. The highest BCUT2D eigenvalue weighted by Crippen LogP contribution is 2.40. The Bertz CT molecular complexity index is 1030. The van der Waals surface area contributed by atoms with Gasteiger partial charge in [0.2, 0.25) is 5.91 Å². The average molecular weight is 441 g/mol. The molecule has 9 heteroatoms. The van der Waals surface area contributed by atoms with Crippen molar-refractivity contribution in [3.63, 3.8) is 0 Å². The Labute approximate surface area is 185 Å². The zero-order valence-corrected chi connectivity index (χ0v) is 17.9. The van der Waals surface area contributed by atoms with Gasteiger partial charge >= 0.3 is 0 Å². The molecule has 4 N–H and O–H groups in total. The maximum atomic E-state index is 12.2. The molecule has 2 amide bonds. The number of primary amides is 1. The van der Waals surface area contributed by atoms with Gasteiger partial charge in [-0.05, 0) is 50.7 Å². The Morgan fingerprint density at radius 1 is 1.26 bits per heavy atom. The first-order valence-electron chi connectivity index (χ1n) is 10.5. The molecule has 1 aromatic carbocycles.